The first-order chi connectivity index (χ1) is 11.3. The number of methoxy groups -OCH3 is 1. The third-order valence-electron chi connectivity index (χ3n) is 4.27. The van der Waals surface area contributed by atoms with Crippen LogP contribution in [0.15, 0.2) is 18.2 Å². The maximum absolute atomic E-state index is 12.2. The van der Waals surface area contributed by atoms with Crippen molar-refractivity contribution in [3.05, 3.63) is 23.8 Å². The molecule has 0 radical (unpaired) electrons. The number of hydrogen-bond donors (Lipinski definition) is 1. The van der Waals surface area contributed by atoms with Gasteiger partial charge in [-0.3, -0.25) is 9.10 Å². The Morgan fingerprint density at radius 3 is 2.58 bits per heavy atom. The summed E-state index contributed by atoms with van der Waals surface area (Å²) in [6.07, 6.45) is 5.56. The van der Waals surface area contributed by atoms with Gasteiger partial charge in [0.2, 0.25) is 15.9 Å². The van der Waals surface area contributed by atoms with Gasteiger partial charge in [-0.2, -0.15) is 0 Å². The second kappa shape index (κ2) is 7.88. The summed E-state index contributed by atoms with van der Waals surface area (Å²) < 4.78 is 30.9. The Hall–Kier alpha value is -1.76. The highest BCUT2D eigenvalue weighted by Crippen LogP contribution is 2.31. The van der Waals surface area contributed by atoms with Crippen LogP contribution in [0.2, 0.25) is 0 Å². The summed E-state index contributed by atoms with van der Waals surface area (Å²) in [7, 11) is -2.02. The SMILES string of the molecule is COc1ccc(C)cc1N(CCC(=O)NC1CCCC1)S(C)(=O)=O. The molecule has 2 rings (SSSR count). The first-order valence-corrected chi connectivity index (χ1v) is 10.1. The van der Waals surface area contributed by atoms with E-state index in [1.54, 1.807) is 12.1 Å². The van der Waals surface area contributed by atoms with Crippen molar-refractivity contribution in [1.82, 2.24) is 5.32 Å². The van der Waals surface area contributed by atoms with Gasteiger partial charge in [0.05, 0.1) is 19.1 Å². The number of benzene rings is 1. The van der Waals surface area contributed by atoms with Crippen molar-refractivity contribution in [2.75, 3.05) is 24.2 Å². The fourth-order valence-electron chi connectivity index (χ4n) is 3.03. The summed E-state index contributed by atoms with van der Waals surface area (Å²) in [6.45, 7) is 1.98. The highest BCUT2D eigenvalue weighted by molar-refractivity contribution is 7.92. The number of carbonyl (C=O) groups excluding carboxylic acids is 1. The molecular weight excluding hydrogens is 328 g/mol. The molecule has 0 aromatic heterocycles. The van der Waals surface area contributed by atoms with Crippen LogP contribution in [-0.2, 0) is 14.8 Å². The smallest absolute Gasteiger partial charge is 0.232 e. The van der Waals surface area contributed by atoms with E-state index in [-0.39, 0.29) is 24.9 Å². The normalized spacial score (nSPS) is 15.3. The van der Waals surface area contributed by atoms with Crippen LogP contribution in [0.25, 0.3) is 0 Å². The van der Waals surface area contributed by atoms with Gasteiger partial charge in [0, 0.05) is 19.0 Å². The number of nitrogens with zero attached hydrogens (tertiary/aromatic N) is 1. The molecule has 1 amide bonds. The quantitative estimate of drug-likeness (QED) is 0.815. The van der Waals surface area contributed by atoms with E-state index in [0.717, 1.165) is 37.5 Å². The van der Waals surface area contributed by atoms with E-state index in [1.807, 2.05) is 13.0 Å². The predicted octanol–water partition coefficient (Wildman–Crippen LogP) is 2.22. The number of amides is 1. The first-order valence-electron chi connectivity index (χ1n) is 8.23. The molecule has 7 heteroatoms. The molecule has 6 nitrogen and oxygen atoms in total. The minimum atomic E-state index is -3.52. The van der Waals surface area contributed by atoms with Gasteiger partial charge < -0.3 is 10.1 Å². The molecule has 1 aromatic rings. The van der Waals surface area contributed by atoms with Crippen LogP contribution in [0, 0.1) is 6.92 Å². The van der Waals surface area contributed by atoms with Crippen molar-refractivity contribution in [3.63, 3.8) is 0 Å². The van der Waals surface area contributed by atoms with E-state index in [2.05, 4.69) is 5.32 Å². The molecule has 1 N–H and O–H groups in total. The number of aryl methyl sites for hydroxylation is 1. The van der Waals surface area contributed by atoms with Crippen LogP contribution >= 0.6 is 0 Å². The Labute approximate surface area is 144 Å². The lowest BCUT2D eigenvalue weighted by atomic mass is 10.2. The number of rotatable bonds is 7. The second-order valence-corrected chi connectivity index (χ2v) is 8.22. The molecule has 0 saturated heterocycles. The van der Waals surface area contributed by atoms with Gasteiger partial charge in [0.25, 0.3) is 0 Å². The molecule has 1 fully saturated rings. The molecule has 0 aliphatic heterocycles. The van der Waals surface area contributed by atoms with Gasteiger partial charge in [0.1, 0.15) is 5.75 Å². The maximum atomic E-state index is 12.2. The summed E-state index contributed by atoms with van der Waals surface area (Å²) in [5.41, 5.74) is 1.39. The van der Waals surface area contributed by atoms with Crippen molar-refractivity contribution in [1.29, 1.82) is 0 Å². The molecule has 0 unspecified atom stereocenters. The lowest BCUT2D eigenvalue weighted by Crippen LogP contribution is -2.37. The summed E-state index contributed by atoms with van der Waals surface area (Å²) in [5.74, 6) is 0.365. The Balaban J connectivity index is 2.12. The zero-order valence-corrected chi connectivity index (χ0v) is 15.4. The van der Waals surface area contributed by atoms with E-state index in [1.165, 1.54) is 11.4 Å². The Morgan fingerprint density at radius 2 is 2.00 bits per heavy atom. The zero-order valence-electron chi connectivity index (χ0n) is 14.5. The van der Waals surface area contributed by atoms with Crippen molar-refractivity contribution in [3.8, 4) is 5.75 Å². The number of nitrogens with one attached hydrogen (secondary N) is 1. The largest absolute Gasteiger partial charge is 0.495 e. The number of ether oxygens (including phenoxy) is 1. The van der Waals surface area contributed by atoms with Crippen LogP contribution in [0.4, 0.5) is 5.69 Å². The van der Waals surface area contributed by atoms with Crippen LogP contribution in [0.1, 0.15) is 37.7 Å². The molecule has 1 aliphatic carbocycles. The van der Waals surface area contributed by atoms with Crippen LogP contribution in [0.3, 0.4) is 0 Å². The third-order valence-corrected chi connectivity index (χ3v) is 5.45. The number of hydrogen-bond acceptors (Lipinski definition) is 4. The van der Waals surface area contributed by atoms with Crippen molar-refractivity contribution >= 4 is 21.6 Å². The van der Waals surface area contributed by atoms with E-state index in [9.17, 15) is 13.2 Å². The lowest BCUT2D eigenvalue weighted by Gasteiger charge is -2.24. The number of anilines is 1. The average Bonchev–Trinajstić information content (AvgIpc) is 2.99. The molecular formula is C17H26N2O4S. The van der Waals surface area contributed by atoms with E-state index >= 15 is 0 Å². The molecule has 1 aliphatic rings. The third kappa shape index (κ3) is 4.87. The topological polar surface area (TPSA) is 75.7 Å². The van der Waals surface area contributed by atoms with Gasteiger partial charge >= 0.3 is 0 Å². The highest BCUT2D eigenvalue weighted by Gasteiger charge is 2.23. The summed E-state index contributed by atoms with van der Waals surface area (Å²) in [6, 6.07) is 5.59. The zero-order chi connectivity index (χ0) is 17.7. The van der Waals surface area contributed by atoms with Gasteiger partial charge in [-0.05, 0) is 37.5 Å². The molecule has 0 atom stereocenters. The monoisotopic (exact) mass is 354 g/mol. The second-order valence-electron chi connectivity index (χ2n) is 6.31. The summed E-state index contributed by atoms with van der Waals surface area (Å²) in [4.78, 5) is 12.1. The van der Waals surface area contributed by atoms with Gasteiger partial charge in [-0.15, -0.1) is 0 Å². The van der Waals surface area contributed by atoms with Crippen LogP contribution in [-0.4, -0.2) is 40.3 Å². The minimum absolute atomic E-state index is 0.0944. The lowest BCUT2D eigenvalue weighted by molar-refractivity contribution is -0.121. The predicted molar refractivity (Wildman–Crippen MR) is 94.9 cm³/mol. The molecule has 1 saturated carbocycles. The van der Waals surface area contributed by atoms with E-state index in [4.69, 9.17) is 4.74 Å². The Kier molecular flexibility index (Phi) is 6.10. The first kappa shape index (κ1) is 18.6. The number of sulfonamides is 1. The van der Waals surface area contributed by atoms with Crippen molar-refractivity contribution in [2.45, 2.75) is 45.1 Å². The number of carbonyl (C=O) groups is 1. The molecule has 1 aromatic carbocycles. The fraction of sp³-hybridized carbons (Fsp3) is 0.588. The summed E-state index contributed by atoms with van der Waals surface area (Å²) >= 11 is 0. The Morgan fingerprint density at radius 1 is 1.33 bits per heavy atom. The van der Waals surface area contributed by atoms with Gasteiger partial charge in [-0.1, -0.05) is 18.9 Å². The van der Waals surface area contributed by atoms with Crippen LogP contribution < -0.4 is 14.4 Å². The van der Waals surface area contributed by atoms with E-state index < -0.39 is 10.0 Å². The van der Waals surface area contributed by atoms with Crippen molar-refractivity contribution < 1.29 is 17.9 Å². The minimum Gasteiger partial charge on any atom is -0.495 e. The molecule has 24 heavy (non-hydrogen) atoms. The Bertz CT molecular complexity index is 682. The fourth-order valence-corrected chi connectivity index (χ4v) is 3.96. The standard InChI is InChI=1S/C17H26N2O4S/c1-13-8-9-16(23-2)15(12-13)19(24(3,21)22)11-10-17(20)18-14-6-4-5-7-14/h8-9,12,14H,4-7,10-11H2,1-3H3,(H,18,20). The molecule has 0 heterocycles. The van der Waals surface area contributed by atoms with Crippen LogP contribution in [0.5, 0.6) is 5.75 Å². The molecule has 0 spiro atoms. The van der Waals surface area contributed by atoms with E-state index in [0.29, 0.717) is 11.4 Å². The molecule has 134 valence electrons. The summed E-state index contributed by atoms with van der Waals surface area (Å²) in [5, 5.41) is 2.99. The maximum Gasteiger partial charge on any atom is 0.232 e. The van der Waals surface area contributed by atoms with Gasteiger partial charge in [0.15, 0.2) is 0 Å². The van der Waals surface area contributed by atoms with Gasteiger partial charge in [-0.25, -0.2) is 8.42 Å². The highest BCUT2D eigenvalue weighted by atomic mass is 32.2. The van der Waals surface area contributed by atoms with Crippen molar-refractivity contribution in [2.24, 2.45) is 0 Å². The average molecular weight is 354 g/mol. The molecule has 0 bridgehead atoms.